The SMILES string of the molecule is CCCC[C@@H]1NC(=O)[C@@H]2CCCN2C(=O)[C@@H](NC(=O)[C@H](Cc2ccccc2)NC(C)=O)CCCNC(=O)[C@H](CCCN=C(N)N)NC(=O)[C@H](Cc2c[nH]c3ccccc23)NC1=O. The summed E-state index contributed by atoms with van der Waals surface area (Å²) in [5.41, 5.74) is 13.4. The molecule has 1 aromatic heterocycles. The fraction of sp³-hybridized carbons (Fsp3) is 0.500. The molecule has 2 aromatic carbocycles. The summed E-state index contributed by atoms with van der Waals surface area (Å²) in [7, 11) is 0. The zero-order chi connectivity index (χ0) is 44.6. The van der Waals surface area contributed by atoms with Crippen LogP contribution in [0, 0.1) is 0 Å². The number of carbonyl (C=O) groups excluding carboxylic acids is 7. The first-order valence-electron chi connectivity index (χ1n) is 21.6. The quantitative estimate of drug-likeness (QED) is 0.0621. The molecule has 62 heavy (non-hydrogen) atoms. The summed E-state index contributed by atoms with van der Waals surface area (Å²) in [6.07, 6.45) is 5.18. The number of unbranched alkanes of at least 4 members (excludes halogenated alkanes) is 1. The Balaban J connectivity index is 1.45. The Labute approximate surface area is 361 Å². The molecule has 2 fully saturated rings. The molecule has 2 aliphatic heterocycles. The number of aromatic amines is 1. The maximum Gasteiger partial charge on any atom is 0.245 e. The first-order chi connectivity index (χ1) is 29.8. The molecule has 0 aliphatic carbocycles. The normalized spacial score (nSPS) is 22.2. The zero-order valence-corrected chi connectivity index (χ0v) is 35.5. The minimum Gasteiger partial charge on any atom is -0.370 e. The molecule has 5 rings (SSSR count). The van der Waals surface area contributed by atoms with Gasteiger partial charge in [0, 0.05) is 56.5 Å². The molecule has 0 unspecified atom stereocenters. The predicted molar refractivity (Wildman–Crippen MR) is 234 cm³/mol. The average molecular weight is 856 g/mol. The Morgan fingerprint density at radius 1 is 0.839 bits per heavy atom. The van der Waals surface area contributed by atoms with E-state index < -0.39 is 77.6 Å². The van der Waals surface area contributed by atoms with Gasteiger partial charge in [-0.15, -0.1) is 0 Å². The van der Waals surface area contributed by atoms with Gasteiger partial charge < -0.3 is 53.3 Å². The van der Waals surface area contributed by atoms with Crippen LogP contribution in [0.1, 0.15) is 82.8 Å². The van der Waals surface area contributed by atoms with Gasteiger partial charge in [-0.3, -0.25) is 38.6 Å². The van der Waals surface area contributed by atoms with Crippen molar-refractivity contribution in [2.75, 3.05) is 19.6 Å². The smallest absolute Gasteiger partial charge is 0.245 e. The van der Waals surface area contributed by atoms with E-state index in [0.717, 1.165) is 22.0 Å². The summed E-state index contributed by atoms with van der Waals surface area (Å²) >= 11 is 0. The number of nitrogens with one attached hydrogen (secondary N) is 7. The predicted octanol–water partition coefficient (Wildman–Crippen LogP) is 0.542. The maximum absolute atomic E-state index is 14.5. The van der Waals surface area contributed by atoms with E-state index in [1.165, 1.54) is 11.8 Å². The van der Waals surface area contributed by atoms with Crippen LogP contribution in [0.5, 0.6) is 0 Å². The number of rotatable bonds is 14. The molecule has 0 saturated carbocycles. The van der Waals surface area contributed by atoms with Crippen molar-refractivity contribution in [2.45, 2.75) is 121 Å². The van der Waals surface area contributed by atoms with Crippen molar-refractivity contribution in [3.8, 4) is 0 Å². The highest BCUT2D eigenvalue weighted by Gasteiger charge is 2.40. The first kappa shape index (κ1) is 46.6. The summed E-state index contributed by atoms with van der Waals surface area (Å²) in [6, 6.07) is 10.4. The van der Waals surface area contributed by atoms with E-state index in [4.69, 9.17) is 11.5 Å². The molecule has 6 atom stereocenters. The third-order valence-corrected chi connectivity index (χ3v) is 11.2. The topological polar surface area (TPSA) is 275 Å². The lowest BCUT2D eigenvalue weighted by Crippen LogP contribution is -2.60. The Morgan fingerprint density at radius 3 is 2.26 bits per heavy atom. The Morgan fingerprint density at radius 2 is 1.52 bits per heavy atom. The number of carbonyl (C=O) groups is 7. The molecule has 11 N–H and O–H groups in total. The van der Waals surface area contributed by atoms with E-state index in [1.54, 1.807) is 6.20 Å². The number of H-pyrrole nitrogens is 1. The lowest BCUT2D eigenvalue weighted by molar-refractivity contribution is -0.142. The van der Waals surface area contributed by atoms with Crippen LogP contribution < -0.4 is 43.4 Å². The lowest BCUT2D eigenvalue weighted by atomic mass is 10.0. The standard InChI is InChI=1S/C44H61N11O7/c1-3-4-16-33-39(58)54-36(25-29-26-49-31-17-9-8-15-30(29)31)41(60)51-32(18-10-22-48-44(45)46)38(57)47-21-11-19-34(43(62)55-23-12-20-37(55)42(61)52-33)53-40(59)35(50-27(2)56)24-28-13-6-5-7-14-28/h5-9,13-15,17,26,32-37,49H,3-4,10-12,16,18-25H2,1-2H3,(H,47,57)(H,50,56)(H,51,60)(H,52,61)(H,53,59)(H,54,58)(H4,45,46,48)/t32-,33-,34-,35-,36-,37-/m0/s1. The van der Waals surface area contributed by atoms with Gasteiger partial charge in [0.2, 0.25) is 41.4 Å². The number of aromatic nitrogens is 1. The Hall–Kier alpha value is -6.46. The summed E-state index contributed by atoms with van der Waals surface area (Å²) in [4.78, 5) is 106. The van der Waals surface area contributed by atoms with Crippen molar-refractivity contribution < 1.29 is 33.6 Å². The Kier molecular flexibility index (Phi) is 17.2. The van der Waals surface area contributed by atoms with Crippen molar-refractivity contribution >= 4 is 58.2 Å². The van der Waals surface area contributed by atoms with E-state index in [1.807, 2.05) is 61.5 Å². The van der Waals surface area contributed by atoms with E-state index in [-0.39, 0.29) is 64.1 Å². The van der Waals surface area contributed by atoms with Gasteiger partial charge in [-0.1, -0.05) is 68.3 Å². The van der Waals surface area contributed by atoms with Crippen LogP contribution in [-0.2, 0) is 46.4 Å². The van der Waals surface area contributed by atoms with Crippen LogP contribution >= 0.6 is 0 Å². The van der Waals surface area contributed by atoms with Crippen molar-refractivity contribution in [1.29, 1.82) is 0 Å². The second-order valence-corrected chi connectivity index (χ2v) is 16.0. The summed E-state index contributed by atoms with van der Waals surface area (Å²) in [6.45, 7) is 3.75. The molecule has 334 valence electrons. The van der Waals surface area contributed by atoms with Crippen LogP contribution in [0.3, 0.4) is 0 Å². The minimum atomic E-state index is -1.15. The highest BCUT2D eigenvalue weighted by molar-refractivity contribution is 5.98. The molecule has 3 aromatic rings. The van der Waals surface area contributed by atoms with Gasteiger partial charge in [0.25, 0.3) is 0 Å². The van der Waals surface area contributed by atoms with E-state index in [2.05, 4.69) is 41.9 Å². The fourth-order valence-electron chi connectivity index (χ4n) is 7.97. The highest BCUT2D eigenvalue weighted by Crippen LogP contribution is 2.22. The summed E-state index contributed by atoms with van der Waals surface area (Å²) in [5.74, 6) is -3.86. The van der Waals surface area contributed by atoms with E-state index in [0.29, 0.717) is 32.1 Å². The molecule has 0 spiro atoms. The van der Waals surface area contributed by atoms with Crippen LogP contribution in [-0.4, -0.2) is 113 Å². The van der Waals surface area contributed by atoms with Gasteiger partial charge in [-0.2, -0.15) is 0 Å². The summed E-state index contributed by atoms with van der Waals surface area (Å²) < 4.78 is 0. The molecule has 3 heterocycles. The molecule has 0 bridgehead atoms. The van der Waals surface area contributed by atoms with Gasteiger partial charge in [0.1, 0.15) is 36.3 Å². The molecule has 7 amide bonds. The number of amides is 7. The number of para-hydroxylation sites is 1. The number of aliphatic imine (C=N–C) groups is 1. The molecule has 2 aliphatic rings. The van der Waals surface area contributed by atoms with E-state index >= 15 is 0 Å². The van der Waals surface area contributed by atoms with Gasteiger partial charge in [-0.25, -0.2) is 0 Å². The number of guanidine groups is 1. The van der Waals surface area contributed by atoms with Crippen molar-refractivity contribution in [2.24, 2.45) is 16.5 Å². The second kappa shape index (κ2) is 22.9. The molecule has 2 saturated heterocycles. The molecule has 18 heteroatoms. The first-order valence-corrected chi connectivity index (χ1v) is 21.6. The third kappa shape index (κ3) is 13.3. The van der Waals surface area contributed by atoms with Crippen LogP contribution in [0.25, 0.3) is 10.9 Å². The fourth-order valence-corrected chi connectivity index (χ4v) is 7.97. The molecular weight excluding hydrogens is 795 g/mol. The maximum atomic E-state index is 14.5. The van der Waals surface area contributed by atoms with Crippen LogP contribution in [0.4, 0.5) is 0 Å². The number of nitrogens with zero attached hydrogens (tertiary/aromatic N) is 2. The Bertz CT molecular complexity index is 2070. The molecular formula is C44H61N11O7. The van der Waals surface area contributed by atoms with Crippen LogP contribution in [0.15, 0.2) is 65.8 Å². The van der Waals surface area contributed by atoms with Gasteiger partial charge in [0.15, 0.2) is 5.96 Å². The number of benzene rings is 2. The van der Waals surface area contributed by atoms with E-state index in [9.17, 15) is 33.6 Å². The number of fused-ring (bicyclic) bond motifs is 2. The van der Waals surface area contributed by atoms with Gasteiger partial charge in [-0.05, 0) is 62.1 Å². The summed E-state index contributed by atoms with van der Waals surface area (Å²) in [5, 5.41) is 17.9. The largest absolute Gasteiger partial charge is 0.370 e. The lowest BCUT2D eigenvalue weighted by Gasteiger charge is -2.31. The zero-order valence-electron chi connectivity index (χ0n) is 35.5. The third-order valence-electron chi connectivity index (χ3n) is 11.2. The monoisotopic (exact) mass is 855 g/mol. The highest BCUT2D eigenvalue weighted by atomic mass is 16.2. The average Bonchev–Trinajstić information content (AvgIpc) is 3.91. The number of hydrogen-bond donors (Lipinski definition) is 9. The number of nitrogens with two attached hydrogens (primary N) is 2. The van der Waals surface area contributed by atoms with Crippen molar-refractivity contribution in [1.82, 2.24) is 41.8 Å². The van der Waals surface area contributed by atoms with Crippen molar-refractivity contribution in [3.05, 3.63) is 71.9 Å². The van der Waals surface area contributed by atoms with Crippen molar-refractivity contribution in [3.63, 3.8) is 0 Å². The molecule has 18 nitrogen and oxygen atoms in total. The minimum absolute atomic E-state index is 0.0659. The molecule has 0 radical (unpaired) electrons. The van der Waals surface area contributed by atoms with Crippen LogP contribution in [0.2, 0.25) is 0 Å². The van der Waals surface area contributed by atoms with Gasteiger partial charge in [0.05, 0.1) is 0 Å². The second-order valence-electron chi connectivity index (χ2n) is 16.0. The number of hydrogen-bond acceptors (Lipinski definition) is 8. The van der Waals surface area contributed by atoms with Gasteiger partial charge >= 0.3 is 0 Å².